The molecule has 0 saturated heterocycles. The normalized spacial score (nSPS) is 12.1. The summed E-state index contributed by atoms with van der Waals surface area (Å²) in [6.07, 6.45) is 3.16. The lowest BCUT2D eigenvalue weighted by Gasteiger charge is -2.15. The molecule has 0 saturated carbocycles. The molecule has 1 aromatic rings. The van der Waals surface area contributed by atoms with Gasteiger partial charge in [0.15, 0.2) is 0 Å². The molecule has 0 spiro atoms. The molecule has 0 atom stereocenters. The Morgan fingerprint density at radius 1 is 1.42 bits per heavy atom. The van der Waals surface area contributed by atoms with Gasteiger partial charge >= 0.3 is 0 Å². The molecule has 1 rings (SSSR count). The summed E-state index contributed by atoms with van der Waals surface area (Å²) in [6, 6.07) is 0. The van der Waals surface area contributed by atoms with Gasteiger partial charge in [-0.15, -0.1) is 0 Å². The summed E-state index contributed by atoms with van der Waals surface area (Å²) in [5.41, 5.74) is 1.53. The third-order valence-electron chi connectivity index (χ3n) is 1.87. The molecule has 0 aliphatic carbocycles. The Kier molecular flexibility index (Phi) is 2.27. The van der Waals surface area contributed by atoms with Crippen molar-refractivity contribution in [3.8, 4) is 0 Å². The van der Waals surface area contributed by atoms with Crippen molar-refractivity contribution in [3.63, 3.8) is 0 Å². The van der Waals surface area contributed by atoms with Crippen molar-refractivity contribution in [2.24, 2.45) is 12.5 Å². The molecule has 0 bridgehead atoms. The first-order valence-corrected chi connectivity index (χ1v) is 4.37. The van der Waals surface area contributed by atoms with Gasteiger partial charge in [-0.25, -0.2) is 4.98 Å². The summed E-state index contributed by atoms with van der Waals surface area (Å²) >= 11 is 0. The summed E-state index contributed by atoms with van der Waals surface area (Å²) in [4.78, 5) is 4.46. The Morgan fingerprint density at radius 2 is 2.00 bits per heavy atom. The molecule has 1 aromatic heterocycles. The Morgan fingerprint density at radius 3 is 2.33 bits per heavy atom. The first-order valence-electron chi connectivity index (χ1n) is 4.37. The molecule has 0 aliphatic heterocycles. The van der Waals surface area contributed by atoms with E-state index >= 15 is 0 Å². The van der Waals surface area contributed by atoms with Gasteiger partial charge in [0.25, 0.3) is 0 Å². The average molecular weight is 166 g/mol. The Bertz CT molecular complexity index is 246. The number of hydrogen-bond donors (Lipinski definition) is 0. The van der Waals surface area contributed by atoms with Crippen molar-refractivity contribution >= 4 is 0 Å². The highest BCUT2D eigenvalue weighted by molar-refractivity contribution is 5.04. The lowest BCUT2D eigenvalue weighted by Crippen LogP contribution is -2.09. The van der Waals surface area contributed by atoms with Crippen LogP contribution in [0.5, 0.6) is 0 Å². The Hall–Kier alpha value is -0.790. The molecule has 0 unspecified atom stereocenters. The minimum absolute atomic E-state index is 0.334. The van der Waals surface area contributed by atoms with Gasteiger partial charge in [-0.2, -0.15) is 0 Å². The summed E-state index contributed by atoms with van der Waals surface area (Å²) in [5, 5.41) is 0. The molecule has 2 nitrogen and oxygen atoms in total. The highest BCUT2D eigenvalue weighted by atomic mass is 15.0. The summed E-state index contributed by atoms with van der Waals surface area (Å²) in [5.74, 6) is 1.09. The molecular weight excluding hydrogens is 148 g/mol. The fourth-order valence-corrected chi connectivity index (χ4v) is 1.26. The molecule has 0 aromatic carbocycles. The van der Waals surface area contributed by atoms with E-state index in [0.717, 1.165) is 12.2 Å². The van der Waals surface area contributed by atoms with Crippen LogP contribution in [-0.4, -0.2) is 9.55 Å². The van der Waals surface area contributed by atoms with Crippen molar-refractivity contribution in [1.29, 1.82) is 0 Å². The van der Waals surface area contributed by atoms with E-state index in [2.05, 4.69) is 36.5 Å². The lowest BCUT2D eigenvalue weighted by atomic mass is 9.91. The second-order valence-electron chi connectivity index (χ2n) is 4.63. The average Bonchev–Trinajstić information content (AvgIpc) is 2.07. The number of aromatic nitrogens is 2. The topological polar surface area (TPSA) is 17.8 Å². The van der Waals surface area contributed by atoms with E-state index in [4.69, 9.17) is 0 Å². The van der Waals surface area contributed by atoms with Gasteiger partial charge in [0.05, 0.1) is 5.69 Å². The van der Waals surface area contributed by atoms with Gasteiger partial charge < -0.3 is 4.57 Å². The Balaban J connectivity index is 2.77. The van der Waals surface area contributed by atoms with Crippen LogP contribution in [0.3, 0.4) is 0 Å². The Labute approximate surface area is 74.6 Å². The molecule has 0 fully saturated rings. The van der Waals surface area contributed by atoms with Crippen molar-refractivity contribution in [3.05, 3.63) is 17.7 Å². The predicted molar refractivity (Wildman–Crippen MR) is 51.1 cm³/mol. The van der Waals surface area contributed by atoms with E-state index in [9.17, 15) is 0 Å². The zero-order valence-corrected chi connectivity index (χ0v) is 8.68. The number of hydrogen-bond acceptors (Lipinski definition) is 1. The van der Waals surface area contributed by atoms with Crippen LogP contribution in [0.25, 0.3) is 0 Å². The van der Waals surface area contributed by atoms with Gasteiger partial charge in [0.2, 0.25) is 0 Å². The first kappa shape index (κ1) is 9.30. The molecular formula is C10H18N2. The highest BCUT2D eigenvalue weighted by Crippen LogP contribution is 2.19. The molecule has 68 valence electrons. The van der Waals surface area contributed by atoms with E-state index in [-0.39, 0.29) is 0 Å². The maximum Gasteiger partial charge on any atom is 0.105 e. The van der Waals surface area contributed by atoms with Gasteiger partial charge in [-0.3, -0.25) is 0 Å². The smallest absolute Gasteiger partial charge is 0.105 e. The molecule has 0 radical (unpaired) electrons. The zero-order valence-electron chi connectivity index (χ0n) is 8.68. The first-order chi connectivity index (χ1) is 5.38. The minimum Gasteiger partial charge on any atom is -0.338 e. The van der Waals surface area contributed by atoms with Crippen LogP contribution < -0.4 is 0 Å². The number of aryl methyl sites for hydroxylation is 2. The van der Waals surface area contributed by atoms with Crippen LogP contribution in [0, 0.1) is 12.3 Å². The number of rotatable bonds is 1. The third-order valence-corrected chi connectivity index (χ3v) is 1.87. The van der Waals surface area contributed by atoms with Crippen LogP contribution >= 0.6 is 0 Å². The molecule has 0 aliphatic rings. The molecule has 0 amide bonds. The largest absolute Gasteiger partial charge is 0.338 e. The van der Waals surface area contributed by atoms with Crippen molar-refractivity contribution in [2.45, 2.75) is 34.1 Å². The van der Waals surface area contributed by atoms with E-state index in [1.165, 1.54) is 5.69 Å². The second kappa shape index (κ2) is 2.92. The maximum atomic E-state index is 4.46. The molecule has 0 N–H and O–H groups in total. The van der Waals surface area contributed by atoms with E-state index in [1.807, 2.05) is 14.0 Å². The second-order valence-corrected chi connectivity index (χ2v) is 4.63. The number of imidazole rings is 1. The number of nitrogens with zero attached hydrogens (tertiary/aromatic N) is 2. The predicted octanol–water partition coefficient (Wildman–Crippen LogP) is 2.32. The maximum absolute atomic E-state index is 4.46. The van der Waals surface area contributed by atoms with Crippen LogP contribution in [-0.2, 0) is 13.5 Å². The lowest BCUT2D eigenvalue weighted by molar-refractivity contribution is 0.407. The molecule has 2 heteroatoms. The third kappa shape index (κ3) is 2.36. The van der Waals surface area contributed by atoms with Crippen LogP contribution in [0.15, 0.2) is 6.20 Å². The van der Waals surface area contributed by atoms with Crippen molar-refractivity contribution in [1.82, 2.24) is 9.55 Å². The van der Waals surface area contributed by atoms with E-state index in [0.29, 0.717) is 5.41 Å². The summed E-state index contributed by atoms with van der Waals surface area (Å²) < 4.78 is 2.07. The van der Waals surface area contributed by atoms with E-state index in [1.54, 1.807) is 0 Å². The van der Waals surface area contributed by atoms with Crippen LogP contribution in [0.2, 0.25) is 0 Å². The van der Waals surface area contributed by atoms with Crippen LogP contribution in [0.4, 0.5) is 0 Å². The fourth-order valence-electron chi connectivity index (χ4n) is 1.26. The monoisotopic (exact) mass is 166 g/mol. The highest BCUT2D eigenvalue weighted by Gasteiger charge is 2.13. The SMILES string of the molecule is Cc1nc(CC(C)(C)C)cn1C. The van der Waals surface area contributed by atoms with Gasteiger partial charge in [0.1, 0.15) is 5.82 Å². The van der Waals surface area contributed by atoms with Gasteiger partial charge in [0, 0.05) is 13.2 Å². The van der Waals surface area contributed by atoms with Crippen molar-refractivity contribution < 1.29 is 0 Å². The molecule has 1 heterocycles. The quantitative estimate of drug-likeness (QED) is 0.626. The minimum atomic E-state index is 0.334. The zero-order chi connectivity index (χ0) is 9.35. The van der Waals surface area contributed by atoms with Gasteiger partial charge in [-0.05, 0) is 18.8 Å². The van der Waals surface area contributed by atoms with Crippen LogP contribution in [0.1, 0.15) is 32.3 Å². The summed E-state index contributed by atoms with van der Waals surface area (Å²) in [6.45, 7) is 8.73. The van der Waals surface area contributed by atoms with Gasteiger partial charge in [-0.1, -0.05) is 20.8 Å². The fraction of sp³-hybridized carbons (Fsp3) is 0.700. The molecule has 12 heavy (non-hydrogen) atoms. The summed E-state index contributed by atoms with van der Waals surface area (Å²) in [7, 11) is 2.04. The standard InChI is InChI=1S/C10H18N2/c1-8-11-9(7-12(8)5)6-10(2,3)4/h7H,6H2,1-5H3. The van der Waals surface area contributed by atoms with Crippen molar-refractivity contribution in [2.75, 3.05) is 0 Å². The van der Waals surface area contributed by atoms with E-state index < -0.39 is 0 Å².